The molecule has 5 nitrogen and oxygen atoms in total. The van der Waals surface area contributed by atoms with E-state index >= 15 is 0 Å². The third kappa shape index (κ3) is 4.00. The van der Waals surface area contributed by atoms with Gasteiger partial charge >= 0.3 is 6.03 Å². The van der Waals surface area contributed by atoms with Crippen LogP contribution in [-0.4, -0.2) is 46.8 Å². The summed E-state index contributed by atoms with van der Waals surface area (Å²) in [5.74, 6) is 0.900. The highest BCUT2D eigenvalue weighted by Gasteiger charge is 2.22. The number of hydrogen-bond donors (Lipinski definition) is 1. The van der Waals surface area contributed by atoms with E-state index in [0.29, 0.717) is 19.6 Å². The summed E-state index contributed by atoms with van der Waals surface area (Å²) in [6.45, 7) is 3.79. The highest BCUT2D eigenvalue weighted by Crippen LogP contribution is 2.27. The Hall–Kier alpha value is -1.56. The van der Waals surface area contributed by atoms with E-state index in [4.69, 9.17) is 4.74 Å². The maximum absolute atomic E-state index is 12.2. The summed E-state index contributed by atoms with van der Waals surface area (Å²) >= 11 is 0. The number of methoxy groups -OCH3 is 1. The molecule has 0 aromatic heterocycles. The first-order chi connectivity index (χ1) is 10.5. The van der Waals surface area contributed by atoms with Gasteiger partial charge in [0, 0.05) is 47.5 Å². The highest BCUT2D eigenvalue weighted by molar-refractivity contribution is 7.84. The van der Waals surface area contributed by atoms with Crippen LogP contribution >= 0.6 is 0 Å². The molecular formula is C16H24N2O3S. The number of carbonyl (C=O) groups is 1. The predicted molar refractivity (Wildman–Crippen MR) is 88.7 cm³/mol. The number of urea groups is 1. The number of amides is 2. The number of nitrogens with one attached hydrogen (secondary N) is 1. The van der Waals surface area contributed by atoms with Crippen molar-refractivity contribution in [1.82, 2.24) is 10.2 Å². The fourth-order valence-corrected chi connectivity index (χ4v) is 3.05. The van der Waals surface area contributed by atoms with Crippen molar-refractivity contribution >= 4 is 16.8 Å². The van der Waals surface area contributed by atoms with E-state index in [1.54, 1.807) is 13.4 Å². The number of rotatable bonds is 5. The lowest BCUT2D eigenvalue weighted by Crippen LogP contribution is -2.43. The van der Waals surface area contributed by atoms with Crippen molar-refractivity contribution in [2.24, 2.45) is 0 Å². The Bertz CT molecular complexity index is 562. The molecular weight excluding hydrogens is 300 g/mol. The summed E-state index contributed by atoms with van der Waals surface area (Å²) in [5, 5.41) is 3.02. The van der Waals surface area contributed by atoms with E-state index in [2.05, 4.69) is 5.32 Å². The molecule has 1 heterocycles. The summed E-state index contributed by atoms with van der Waals surface area (Å²) in [6, 6.07) is 5.90. The van der Waals surface area contributed by atoms with Gasteiger partial charge in [-0.15, -0.1) is 0 Å². The van der Waals surface area contributed by atoms with Gasteiger partial charge in [0.15, 0.2) is 0 Å². The van der Waals surface area contributed by atoms with Crippen LogP contribution in [0.4, 0.5) is 4.79 Å². The van der Waals surface area contributed by atoms with E-state index in [0.717, 1.165) is 24.2 Å². The fourth-order valence-electron chi connectivity index (χ4n) is 2.60. The van der Waals surface area contributed by atoms with Gasteiger partial charge in [0.2, 0.25) is 0 Å². The molecule has 2 rings (SSSR count). The van der Waals surface area contributed by atoms with Crippen molar-refractivity contribution in [3.63, 3.8) is 0 Å². The second kappa shape index (κ2) is 7.63. The van der Waals surface area contributed by atoms with Gasteiger partial charge in [0.1, 0.15) is 5.75 Å². The lowest BCUT2D eigenvalue weighted by Gasteiger charge is -2.30. The van der Waals surface area contributed by atoms with Crippen molar-refractivity contribution in [2.45, 2.75) is 31.6 Å². The number of ether oxygens (including phenoxy) is 1. The molecule has 122 valence electrons. The van der Waals surface area contributed by atoms with E-state index < -0.39 is 10.8 Å². The van der Waals surface area contributed by atoms with Crippen LogP contribution in [0.5, 0.6) is 5.75 Å². The van der Waals surface area contributed by atoms with Crippen LogP contribution in [0.25, 0.3) is 0 Å². The molecule has 0 spiro atoms. The standard InChI is InChI=1S/C16H24N2O3S/c1-12(22(3)20)7-9-17-16(19)18-10-8-14-13(11-18)5-4-6-15(14)21-2/h4-6,12H,7-11H2,1-3H3,(H,17,19)/t12-,22-/m0/s1. The van der Waals surface area contributed by atoms with Gasteiger partial charge < -0.3 is 15.0 Å². The molecule has 2 atom stereocenters. The van der Waals surface area contributed by atoms with Crippen molar-refractivity contribution in [3.05, 3.63) is 29.3 Å². The molecule has 0 saturated heterocycles. The van der Waals surface area contributed by atoms with Crippen molar-refractivity contribution in [3.8, 4) is 5.75 Å². The molecule has 0 unspecified atom stereocenters. The molecule has 0 saturated carbocycles. The number of nitrogens with zero attached hydrogens (tertiary/aromatic N) is 1. The largest absolute Gasteiger partial charge is 0.496 e. The lowest BCUT2D eigenvalue weighted by molar-refractivity contribution is 0.192. The van der Waals surface area contributed by atoms with Crippen LogP contribution in [0.3, 0.4) is 0 Å². The van der Waals surface area contributed by atoms with Gasteiger partial charge in [-0.2, -0.15) is 0 Å². The van der Waals surface area contributed by atoms with Crippen LogP contribution in [-0.2, 0) is 23.8 Å². The Labute approximate surface area is 134 Å². The first kappa shape index (κ1) is 16.8. The monoisotopic (exact) mass is 324 g/mol. The summed E-state index contributed by atoms with van der Waals surface area (Å²) in [6.07, 6.45) is 3.23. The van der Waals surface area contributed by atoms with Crippen LogP contribution in [0.2, 0.25) is 0 Å². The molecule has 0 fully saturated rings. The number of benzene rings is 1. The lowest BCUT2D eigenvalue weighted by atomic mass is 9.99. The molecule has 1 N–H and O–H groups in total. The Morgan fingerprint density at radius 2 is 2.27 bits per heavy atom. The second-order valence-electron chi connectivity index (χ2n) is 5.60. The summed E-state index contributed by atoms with van der Waals surface area (Å²) < 4.78 is 16.7. The van der Waals surface area contributed by atoms with Crippen LogP contribution in [0.1, 0.15) is 24.5 Å². The molecule has 0 bridgehead atoms. The zero-order valence-electron chi connectivity index (χ0n) is 13.4. The third-order valence-corrected chi connectivity index (χ3v) is 5.49. The Kier molecular flexibility index (Phi) is 5.83. The van der Waals surface area contributed by atoms with Crippen molar-refractivity contribution in [1.29, 1.82) is 0 Å². The topological polar surface area (TPSA) is 58.6 Å². The zero-order valence-corrected chi connectivity index (χ0v) is 14.2. The summed E-state index contributed by atoms with van der Waals surface area (Å²) in [4.78, 5) is 14.0. The van der Waals surface area contributed by atoms with E-state index in [9.17, 15) is 9.00 Å². The molecule has 0 aliphatic carbocycles. The molecule has 0 radical (unpaired) electrons. The van der Waals surface area contributed by atoms with Gasteiger partial charge in [-0.1, -0.05) is 19.1 Å². The number of carbonyl (C=O) groups excluding carboxylic acids is 1. The first-order valence-corrected chi connectivity index (χ1v) is 9.14. The molecule has 1 aliphatic heterocycles. The average molecular weight is 324 g/mol. The van der Waals surface area contributed by atoms with Gasteiger partial charge in [-0.3, -0.25) is 4.21 Å². The Balaban J connectivity index is 1.89. The normalized spacial score (nSPS) is 16.6. The van der Waals surface area contributed by atoms with Crippen LogP contribution < -0.4 is 10.1 Å². The fraction of sp³-hybridized carbons (Fsp3) is 0.562. The van der Waals surface area contributed by atoms with E-state index in [1.165, 1.54) is 5.56 Å². The first-order valence-electron chi connectivity index (χ1n) is 7.52. The number of fused-ring (bicyclic) bond motifs is 1. The summed E-state index contributed by atoms with van der Waals surface area (Å²) in [7, 11) is 0.832. The molecule has 2 amide bonds. The number of hydrogen-bond acceptors (Lipinski definition) is 3. The maximum atomic E-state index is 12.2. The third-order valence-electron chi connectivity index (χ3n) is 4.12. The zero-order chi connectivity index (χ0) is 16.1. The van der Waals surface area contributed by atoms with Gasteiger partial charge in [0.25, 0.3) is 0 Å². The molecule has 22 heavy (non-hydrogen) atoms. The highest BCUT2D eigenvalue weighted by atomic mass is 32.2. The van der Waals surface area contributed by atoms with E-state index in [1.807, 2.05) is 30.0 Å². The van der Waals surface area contributed by atoms with Crippen LogP contribution in [0.15, 0.2) is 18.2 Å². The smallest absolute Gasteiger partial charge is 0.317 e. The Morgan fingerprint density at radius 3 is 2.95 bits per heavy atom. The molecule has 1 aliphatic rings. The van der Waals surface area contributed by atoms with Crippen molar-refractivity contribution < 1.29 is 13.7 Å². The summed E-state index contributed by atoms with van der Waals surface area (Å²) in [5.41, 5.74) is 2.34. The van der Waals surface area contributed by atoms with Gasteiger partial charge in [-0.05, 0) is 24.5 Å². The predicted octanol–water partition coefficient (Wildman–Crippen LogP) is 1.92. The van der Waals surface area contributed by atoms with E-state index in [-0.39, 0.29) is 11.3 Å². The average Bonchev–Trinajstić information content (AvgIpc) is 2.53. The molecule has 6 heteroatoms. The minimum absolute atomic E-state index is 0.0532. The van der Waals surface area contributed by atoms with Gasteiger partial charge in [-0.25, -0.2) is 4.79 Å². The quantitative estimate of drug-likeness (QED) is 0.900. The van der Waals surface area contributed by atoms with Gasteiger partial charge in [0.05, 0.1) is 7.11 Å². The Morgan fingerprint density at radius 1 is 1.50 bits per heavy atom. The minimum atomic E-state index is -0.842. The SMILES string of the molecule is COc1cccc2c1CCN(C(=O)NCC[C@H](C)[S@](C)=O)C2. The minimum Gasteiger partial charge on any atom is -0.496 e. The maximum Gasteiger partial charge on any atom is 0.317 e. The van der Waals surface area contributed by atoms with Crippen molar-refractivity contribution in [2.75, 3.05) is 26.5 Å². The molecule has 1 aromatic carbocycles. The second-order valence-corrected chi connectivity index (χ2v) is 7.40. The molecule has 1 aromatic rings. The van der Waals surface area contributed by atoms with Crippen LogP contribution in [0, 0.1) is 0 Å².